The van der Waals surface area contributed by atoms with Gasteiger partial charge < -0.3 is 5.73 Å². The second-order valence-electron chi connectivity index (χ2n) is 6.31. The van der Waals surface area contributed by atoms with E-state index >= 15 is 0 Å². The van der Waals surface area contributed by atoms with Gasteiger partial charge in [0.05, 0.1) is 0 Å². The Morgan fingerprint density at radius 1 is 1.06 bits per heavy atom. The molecular formula is C16H25N. The molecule has 0 aliphatic heterocycles. The predicted octanol–water partition coefficient (Wildman–Crippen LogP) is 4.06. The maximum atomic E-state index is 6.83. The monoisotopic (exact) mass is 231 g/mol. The van der Waals surface area contributed by atoms with E-state index in [0.29, 0.717) is 0 Å². The molecule has 94 valence electrons. The van der Waals surface area contributed by atoms with Crippen molar-refractivity contribution in [1.29, 1.82) is 0 Å². The van der Waals surface area contributed by atoms with Crippen LogP contribution >= 0.6 is 0 Å². The first kappa shape index (κ1) is 12.6. The molecule has 1 unspecified atom stereocenters. The van der Waals surface area contributed by atoms with Gasteiger partial charge in [0.1, 0.15) is 0 Å². The Morgan fingerprint density at radius 3 is 2.35 bits per heavy atom. The Labute approximate surface area is 105 Å². The number of benzene rings is 1. The van der Waals surface area contributed by atoms with Crippen molar-refractivity contribution in [3.05, 3.63) is 34.9 Å². The SMILES string of the molecule is Cc1cccc(C2(N)CCCCC2(C)C)c1C. The zero-order chi connectivity index (χ0) is 12.7. The molecule has 0 aromatic heterocycles. The quantitative estimate of drug-likeness (QED) is 0.775. The summed E-state index contributed by atoms with van der Waals surface area (Å²) in [5.41, 5.74) is 11.0. The van der Waals surface area contributed by atoms with Crippen molar-refractivity contribution in [3.8, 4) is 0 Å². The molecule has 1 aliphatic rings. The predicted molar refractivity (Wildman–Crippen MR) is 74.0 cm³/mol. The van der Waals surface area contributed by atoms with E-state index in [1.165, 1.54) is 36.0 Å². The first-order valence-electron chi connectivity index (χ1n) is 6.74. The van der Waals surface area contributed by atoms with Gasteiger partial charge in [-0.3, -0.25) is 0 Å². The molecule has 1 aromatic rings. The number of hydrogen-bond acceptors (Lipinski definition) is 1. The lowest BCUT2D eigenvalue weighted by atomic mass is 9.60. The molecule has 2 N–H and O–H groups in total. The molecule has 17 heavy (non-hydrogen) atoms. The highest BCUT2D eigenvalue weighted by atomic mass is 14.8. The molecule has 1 nitrogen and oxygen atoms in total. The number of rotatable bonds is 1. The summed E-state index contributed by atoms with van der Waals surface area (Å²) in [5, 5.41) is 0. The van der Waals surface area contributed by atoms with Gasteiger partial charge in [-0.15, -0.1) is 0 Å². The molecule has 2 rings (SSSR count). The van der Waals surface area contributed by atoms with Crippen molar-refractivity contribution in [2.24, 2.45) is 11.1 Å². The maximum Gasteiger partial charge on any atom is 0.0464 e. The van der Waals surface area contributed by atoms with E-state index in [0.717, 1.165) is 6.42 Å². The Kier molecular flexibility index (Phi) is 3.07. The lowest BCUT2D eigenvalue weighted by Crippen LogP contribution is -2.52. The van der Waals surface area contributed by atoms with Crippen molar-refractivity contribution < 1.29 is 0 Å². The van der Waals surface area contributed by atoms with E-state index in [1.807, 2.05) is 0 Å². The molecule has 0 saturated heterocycles. The third-order valence-electron chi connectivity index (χ3n) is 4.92. The van der Waals surface area contributed by atoms with Crippen molar-refractivity contribution >= 4 is 0 Å². The van der Waals surface area contributed by atoms with Crippen LogP contribution in [0.5, 0.6) is 0 Å². The van der Waals surface area contributed by atoms with Crippen LogP contribution in [0.4, 0.5) is 0 Å². The first-order valence-corrected chi connectivity index (χ1v) is 6.74. The van der Waals surface area contributed by atoms with Crippen LogP contribution in [0.25, 0.3) is 0 Å². The second-order valence-corrected chi connectivity index (χ2v) is 6.31. The minimum atomic E-state index is -0.151. The van der Waals surface area contributed by atoms with Gasteiger partial charge in [0.15, 0.2) is 0 Å². The van der Waals surface area contributed by atoms with Crippen LogP contribution in [0.15, 0.2) is 18.2 Å². The molecule has 1 aliphatic carbocycles. The van der Waals surface area contributed by atoms with Gasteiger partial charge in [-0.1, -0.05) is 44.9 Å². The molecule has 1 heteroatoms. The first-order chi connectivity index (χ1) is 7.88. The average molecular weight is 231 g/mol. The summed E-state index contributed by atoms with van der Waals surface area (Å²) in [5.74, 6) is 0. The average Bonchev–Trinajstić information content (AvgIpc) is 2.26. The van der Waals surface area contributed by atoms with E-state index in [1.54, 1.807) is 0 Å². The molecule has 0 radical (unpaired) electrons. The van der Waals surface area contributed by atoms with E-state index < -0.39 is 0 Å². The zero-order valence-corrected chi connectivity index (χ0v) is 11.6. The maximum absolute atomic E-state index is 6.83. The van der Waals surface area contributed by atoms with Crippen LogP contribution in [0.1, 0.15) is 56.2 Å². The van der Waals surface area contributed by atoms with Crippen LogP contribution in [-0.2, 0) is 5.54 Å². The van der Waals surface area contributed by atoms with Crippen LogP contribution in [0, 0.1) is 19.3 Å². The fraction of sp³-hybridized carbons (Fsp3) is 0.625. The second kappa shape index (κ2) is 4.13. The highest BCUT2D eigenvalue weighted by Crippen LogP contribution is 2.49. The molecule has 0 amide bonds. The summed E-state index contributed by atoms with van der Waals surface area (Å²) in [6.07, 6.45) is 4.92. The Bertz CT molecular complexity index is 420. The van der Waals surface area contributed by atoms with Crippen molar-refractivity contribution in [1.82, 2.24) is 0 Å². The van der Waals surface area contributed by atoms with Crippen LogP contribution in [-0.4, -0.2) is 0 Å². The van der Waals surface area contributed by atoms with E-state index in [9.17, 15) is 0 Å². The highest BCUT2D eigenvalue weighted by molar-refractivity contribution is 5.39. The minimum absolute atomic E-state index is 0.151. The highest BCUT2D eigenvalue weighted by Gasteiger charge is 2.45. The molecular weight excluding hydrogens is 206 g/mol. The summed E-state index contributed by atoms with van der Waals surface area (Å²) >= 11 is 0. The molecule has 1 saturated carbocycles. The normalized spacial score (nSPS) is 28.1. The van der Waals surface area contributed by atoms with Gasteiger partial charge in [-0.25, -0.2) is 0 Å². The number of hydrogen-bond donors (Lipinski definition) is 1. The topological polar surface area (TPSA) is 26.0 Å². The van der Waals surface area contributed by atoms with Gasteiger partial charge >= 0.3 is 0 Å². The van der Waals surface area contributed by atoms with Gasteiger partial charge in [0.25, 0.3) is 0 Å². The van der Waals surface area contributed by atoms with Crippen molar-refractivity contribution in [2.75, 3.05) is 0 Å². The van der Waals surface area contributed by atoms with Crippen molar-refractivity contribution in [2.45, 2.75) is 58.9 Å². The molecule has 1 atom stereocenters. The summed E-state index contributed by atoms with van der Waals surface area (Å²) in [4.78, 5) is 0. The lowest BCUT2D eigenvalue weighted by molar-refractivity contribution is 0.0972. The van der Waals surface area contributed by atoms with E-state index in [4.69, 9.17) is 5.73 Å². The smallest absolute Gasteiger partial charge is 0.0464 e. The lowest BCUT2D eigenvalue weighted by Gasteiger charge is -2.49. The van der Waals surface area contributed by atoms with Gasteiger partial charge in [0, 0.05) is 5.54 Å². The molecule has 1 aromatic carbocycles. The largest absolute Gasteiger partial charge is 0.321 e. The Hall–Kier alpha value is -0.820. The third-order valence-corrected chi connectivity index (χ3v) is 4.92. The van der Waals surface area contributed by atoms with Crippen LogP contribution in [0.2, 0.25) is 0 Å². The number of nitrogens with two attached hydrogens (primary N) is 1. The van der Waals surface area contributed by atoms with E-state index in [-0.39, 0.29) is 11.0 Å². The van der Waals surface area contributed by atoms with Crippen LogP contribution in [0.3, 0.4) is 0 Å². The zero-order valence-electron chi connectivity index (χ0n) is 11.6. The summed E-state index contributed by atoms with van der Waals surface area (Å²) in [6.45, 7) is 9.05. The molecule has 0 heterocycles. The van der Waals surface area contributed by atoms with Crippen LogP contribution < -0.4 is 5.73 Å². The number of aryl methyl sites for hydroxylation is 1. The van der Waals surface area contributed by atoms with Crippen molar-refractivity contribution in [3.63, 3.8) is 0 Å². The summed E-state index contributed by atoms with van der Waals surface area (Å²) in [6, 6.07) is 6.56. The van der Waals surface area contributed by atoms with E-state index in [2.05, 4.69) is 45.9 Å². The van der Waals surface area contributed by atoms with Gasteiger partial charge in [0.2, 0.25) is 0 Å². The Morgan fingerprint density at radius 2 is 1.71 bits per heavy atom. The molecule has 1 fully saturated rings. The Balaban J connectivity index is 2.53. The molecule has 0 spiro atoms. The summed E-state index contributed by atoms with van der Waals surface area (Å²) in [7, 11) is 0. The fourth-order valence-corrected chi connectivity index (χ4v) is 3.27. The minimum Gasteiger partial charge on any atom is -0.321 e. The summed E-state index contributed by atoms with van der Waals surface area (Å²) < 4.78 is 0. The van der Waals surface area contributed by atoms with Gasteiger partial charge in [-0.2, -0.15) is 0 Å². The third kappa shape index (κ3) is 1.91. The fourth-order valence-electron chi connectivity index (χ4n) is 3.27. The van der Waals surface area contributed by atoms with Gasteiger partial charge in [-0.05, 0) is 48.8 Å². The standard InChI is InChI=1S/C16H25N/c1-12-8-7-9-14(13(12)2)16(17)11-6-5-10-15(16,3)4/h7-9H,5-6,10-11,17H2,1-4H3. The molecule has 0 bridgehead atoms.